The van der Waals surface area contributed by atoms with E-state index in [1.54, 1.807) is 6.08 Å². The summed E-state index contributed by atoms with van der Waals surface area (Å²) in [5.41, 5.74) is 3.27. The van der Waals surface area contributed by atoms with Crippen LogP contribution in [0.5, 0.6) is 0 Å². The molecule has 76 valence electrons. The highest BCUT2D eigenvalue weighted by molar-refractivity contribution is 9.10. The van der Waals surface area contributed by atoms with Gasteiger partial charge in [0.05, 0.1) is 6.10 Å². The molecule has 0 saturated heterocycles. The predicted molar refractivity (Wildman–Crippen MR) is 63.4 cm³/mol. The van der Waals surface area contributed by atoms with Crippen LogP contribution in [0, 0.1) is 13.8 Å². The lowest BCUT2D eigenvalue weighted by molar-refractivity contribution is 0.181. The summed E-state index contributed by atoms with van der Waals surface area (Å²) in [5, 5.41) is 9.77. The van der Waals surface area contributed by atoms with Crippen molar-refractivity contribution in [1.29, 1.82) is 0 Å². The lowest BCUT2D eigenvalue weighted by Gasteiger charge is -2.12. The summed E-state index contributed by atoms with van der Waals surface area (Å²) in [5.74, 6) is 0. The molecule has 1 rings (SSSR count). The van der Waals surface area contributed by atoms with E-state index in [0.29, 0.717) is 6.42 Å². The van der Waals surface area contributed by atoms with E-state index in [-0.39, 0.29) is 0 Å². The van der Waals surface area contributed by atoms with Crippen LogP contribution in [0.15, 0.2) is 29.3 Å². The zero-order valence-corrected chi connectivity index (χ0v) is 10.1. The normalized spacial score (nSPS) is 12.6. The number of hydrogen-bond acceptors (Lipinski definition) is 1. The Balaban J connectivity index is 3.05. The van der Waals surface area contributed by atoms with E-state index in [2.05, 4.69) is 22.5 Å². The van der Waals surface area contributed by atoms with Gasteiger partial charge in [-0.05, 0) is 37.0 Å². The van der Waals surface area contributed by atoms with Gasteiger partial charge in [-0.3, -0.25) is 0 Å². The van der Waals surface area contributed by atoms with Crippen LogP contribution in [0.2, 0.25) is 0 Å². The summed E-state index contributed by atoms with van der Waals surface area (Å²) in [6, 6.07) is 4.01. The van der Waals surface area contributed by atoms with Gasteiger partial charge in [0.2, 0.25) is 0 Å². The molecular formula is C12H15BrO. The molecule has 2 heteroatoms. The molecule has 0 spiro atoms. The van der Waals surface area contributed by atoms with E-state index >= 15 is 0 Å². The average molecular weight is 255 g/mol. The highest BCUT2D eigenvalue weighted by Gasteiger charge is 2.08. The summed E-state index contributed by atoms with van der Waals surface area (Å²) in [6.45, 7) is 7.68. The Morgan fingerprint density at radius 2 is 1.93 bits per heavy atom. The van der Waals surface area contributed by atoms with Crippen molar-refractivity contribution in [2.75, 3.05) is 0 Å². The van der Waals surface area contributed by atoms with Crippen molar-refractivity contribution in [2.45, 2.75) is 26.4 Å². The summed E-state index contributed by atoms with van der Waals surface area (Å²) in [6.07, 6.45) is 1.90. The first-order valence-corrected chi connectivity index (χ1v) is 5.41. The van der Waals surface area contributed by atoms with Crippen molar-refractivity contribution in [3.8, 4) is 0 Å². The topological polar surface area (TPSA) is 20.2 Å². The Bertz CT molecular complexity index is 321. The average Bonchev–Trinajstić information content (AvgIpc) is 2.13. The molecule has 0 fully saturated rings. The van der Waals surface area contributed by atoms with Crippen molar-refractivity contribution < 1.29 is 5.11 Å². The summed E-state index contributed by atoms with van der Waals surface area (Å²) in [7, 11) is 0. The van der Waals surface area contributed by atoms with Gasteiger partial charge in [-0.2, -0.15) is 0 Å². The molecule has 0 radical (unpaired) electrons. The molecular weight excluding hydrogens is 240 g/mol. The fraction of sp³-hybridized carbons (Fsp3) is 0.333. The molecule has 0 aliphatic rings. The van der Waals surface area contributed by atoms with Crippen LogP contribution in [0.25, 0.3) is 0 Å². The molecule has 0 saturated carbocycles. The minimum atomic E-state index is -0.432. The van der Waals surface area contributed by atoms with Crippen molar-refractivity contribution in [1.82, 2.24) is 0 Å². The number of aryl methyl sites for hydroxylation is 2. The maximum absolute atomic E-state index is 9.77. The van der Waals surface area contributed by atoms with Crippen molar-refractivity contribution >= 4 is 15.9 Å². The highest BCUT2D eigenvalue weighted by Crippen LogP contribution is 2.26. The van der Waals surface area contributed by atoms with Gasteiger partial charge in [0, 0.05) is 4.47 Å². The molecule has 0 aliphatic heterocycles. The monoisotopic (exact) mass is 254 g/mol. The van der Waals surface area contributed by atoms with E-state index < -0.39 is 6.10 Å². The van der Waals surface area contributed by atoms with Crippen LogP contribution in [0.4, 0.5) is 0 Å². The molecule has 0 bridgehead atoms. The third kappa shape index (κ3) is 2.46. The van der Waals surface area contributed by atoms with Crippen LogP contribution in [0.1, 0.15) is 29.2 Å². The largest absolute Gasteiger partial charge is 0.388 e. The van der Waals surface area contributed by atoms with Gasteiger partial charge in [0.1, 0.15) is 0 Å². The molecule has 0 aliphatic carbocycles. The van der Waals surface area contributed by atoms with E-state index in [0.717, 1.165) is 21.2 Å². The summed E-state index contributed by atoms with van der Waals surface area (Å²) >= 11 is 3.50. The molecule has 14 heavy (non-hydrogen) atoms. The molecule has 0 aromatic heterocycles. The molecule has 1 N–H and O–H groups in total. The zero-order valence-electron chi connectivity index (χ0n) is 8.55. The smallest absolute Gasteiger partial charge is 0.0824 e. The van der Waals surface area contributed by atoms with Crippen molar-refractivity contribution in [3.63, 3.8) is 0 Å². The minimum Gasteiger partial charge on any atom is -0.388 e. The Morgan fingerprint density at radius 3 is 2.36 bits per heavy atom. The second-order valence-corrected chi connectivity index (χ2v) is 4.30. The van der Waals surface area contributed by atoms with Crippen LogP contribution < -0.4 is 0 Å². The Kier molecular flexibility index (Phi) is 3.90. The summed E-state index contributed by atoms with van der Waals surface area (Å²) < 4.78 is 1.12. The number of aliphatic hydroxyl groups is 1. The van der Waals surface area contributed by atoms with E-state index in [4.69, 9.17) is 0 Å². The second kappa shape index (κ2) is 4.76. The van der Waals surface area contributed by atoms with Crippen LogP contribution >= 0.6 is 15.9 Å². The Morgan fingerprint density at radius 1 is 1.43 bits per heavy atom. The number of benzene rings is 1. The van der Waals surface area contributed by atoms with Gasteiger partial charge < -0.3 is 5.11 Å². The Labute approximate surface area is 93.6 Å². The first kappa shape index (κ1) is 11.5. The number of halogens is 1. The number of hydrogen-bond donors (Lipinski definition) is 1. The highest BCUT2D eigenvalue weighted by atomic mass is 79.9. The van der Waals surface area contributed by atoms with Gasteiger partial charge in [0.25, 0.3) is 0 Å². The fourth-order valence-electron chi connectivity index (χ4n) is 1.47. The predicted octanol–water partition coefficient (Wildman–Crippen LogP) is 3.68. The quantitative estimate of drug-likeness (QED) is 0.817. The number of aliphatic hydroxyl groups excluding tert-OH is 1. The summed E-state index contributed by atoms with van der Waals surface area (Å²) in [4.78, 5) is 0. The van der Waals surface area contributed by atoms with Gasteiger partial charge in [-0.1, -0.05) is 34.1 Å². The molecule has 1 aromatic carbocycles. The van der Waals surface area contributed by atoms with E-state index in [1.165, 1.54) is 0 Å². The molecule has 0 heterocycles. The first-order valence-electron chi connectivity index (χ1n) is 4.62. The second-order valence-electron chi connectivity index (χ2n) is 3.51. The fourth-order valence-corrected chi connectivity index (χ4v) is 1.69. The molecule has 1 unspecified atom stereocenters. The molecule has 1 nitrogen and oxygen atoms in total. The lowest BCUT2D eigenvalue weighted by atomic mass is 10.0. The van der Waals surface area contributed by atoms with Crippen LogP contribution in [-0.2, 0) is 0 Å². The van der Waals surface area contributed by atoms with E-state index in [9.17, 15) is 5.11 Å². The van der Waals surface area contributed by atoms with Gasteiger partial charge in [0.15, 0.2) is 0 Å². The molecule has 1 atom stereocenters. The first-order chi connectivity index (χ1) is 6.56. The number of rotatable bonds is 3. The third-order valence-corrected chi connectivity index (χ3v) is 3.48. The van der Waals surface area contributed by atoms with Crippen LogP contribution in [-0.4, -0.2) is 5.11 Å². The zero-order chi connectivity index (χ0) is 10.7. The van der Waals surface area contributed by atoms with Gasteiger partial charge >= 0.3 is 0 Å². The van der Waals surface area contributed by atoms with Crippen molar-refractivity contribution in [2.24, 2.45) is 0 Å². The molecule has 0 amide bonds. The standard InChI is InChI=1S/C12H15BrO/c1-4-5-11(14)10-6-8(2)12(13)9(3)7-10/h4,6-7,11,14H,1,5H2,2-3H3. The lowest BCUT2D eigenvalue weighted by Crippen LogP contribution is -1.97. The van der Waals surface area contributed by atoms with E-state index in [1.807, 2.05) is 26.0 Å². The van der Waals surface area contributed by atoms with Crippen LogP contribution in [0.3, 0.4) is 0 Å². The van der Waals surface area contributed by atoms with Gasteiger partial charge in [-0.25, -0.2) is 0 Å². The van der Waals surface area contributed by atoms with Gasteiger partial charge in [-0.15, -0.1) is 6.58 Å². The van der Waals surface area contributed by atoms with Crippen molar-refractivity contribution in [3.05, 3.63) is 46.0 Å². The molecule has 1 aromatic rings. The minimum absolute atomic E-state index is 0.432. The maximum Gasteiger partial charge on any atom is 0.0824 e. The Hall–Kier alpha value is -0.600. The SMILES string of the molecule is C=CCC(O)c1cc(C)c(Br)c(C)c1. The third-order valence-electron chi connectivity index (χ3n) is 2.23. The maximum atomic E-state index is 9.77.